The molecule has 4 N–H and O–H groups in total. The van der Waals surface area contributed by atoms with Crippen molar-refractivity contribution < 1.29 is 4.79 Å². The van der Waals surface area contributed by atoms with E-state index in [4.69, 9.17) is 5.73 Å². The minimum atomic E-state index is -0.356. The fourth-order valence-electron chi connectivity index (χ4n) is 2.97. The quantitative estimate of drug-likeness (QED) is 0.741. The number of aromatic nitrogens is 1. The minimum Gasteiger partial charge on any atom is -0.399 e. The number of carbonyl (C=O) groups is 1. The Balaban J connectivity index is 1.85. The van der Waals surface area contributed by atoms with Crippen molar-refractivity contribution >= 4 is 11.6 Å². The molecule has 1 heterocycles. The van der Waals surface area contributed by atoms with Gasteiger partial charge in [0.2, 0.25) is 0 Å². The number of nitrogens with two attached hydrogens (primary N) is 1. The van der Waals surface area contributed by atoms with Crippen molar-refractivity contribution in [1.82, 2.24) is 10.3 Å². The van der Waals surface area contributed by atoms with Crippen molar-refractivity contribution in [2.45, 2.75) is 32.2 Å². The van der Waals surface area contributed by atoms with Gasteiger partial charge in [-0.1, -0.05) is 6.07 Å². The van der Waals surface area contributed by atoms with Gasteiger partial charge in [-0.2, -0.15) is 0 Å². The minimum absolute atomic E-state index is 0.0717. The van der Waals surface area contributed by atoms with Crippen LogP contribution in [0.15, 0.2) is 35.1 Å². The van der Waals surface area contributed by atoms with Crippen molar-refractivity contribution in [3.63, 3.8) is 0 Å². The van der Waals surface area contributed by atoms with Crippen LogP contribution in [0.3, 0.4) is 0 Å². The second kappa shape index (κ2) is 5.67. The Hall–Kier alpha value is -2.56. The van der Waals surface area contributed by atoms with E-state index in [0.29, 0.717) is 0 Å². The van der Waals surface area contributed by atoms with Gasteiger partial charge in [-0.25, -0.2) is 0 Å². The summed E-state index contributed by atoms with van der Waals surface area (Å²) in [6, 6.07) is 9.00. The topological polar surface area (TPSA) is 88.0 Å². The number of hydrogen-bond donors (Lipinski definition) is 3. The molecule has 0 radical (unpaired) electrons. The molecule has 3 rings (SSSR count). The molecule has 22 heavy (non-hydrogen) atoms. The fourth-order valence-corrected chi connectivity index (χ4v) is 2.97. The largest absolute Gasteiger partial charge is 0.399 e. The summed E-state index contributed by atoms with van der Waals surface area (Å²) in [5.74, 6) is -0.337. The lowest BCUT2D eigenvalue weighted by Crippen LogP contribution is -2.34. The summed E-state index contributed by atoms with van der Waals surface area (Å²) in [4.78, 5) is 26.9. The molecule has 0 saturated heterocycles. The van der Waals surface area contributed by atoms with E-state index >= 15 is 0 Å². The van der Waals surface area contributed by atoms with Crippen LogP contribution >= 0.6 is 0 Å². The van der Waals surface area contributed by atoms with Crippen LogP contribution in [-0.4, -0.2) is 10.9 Å². The number of hydrogen-bond acceptors (Lipinski definition) is 3. The lowest BCUT2D eigenvalue weighted by atomic mass is 9.87. The summed E-state index contributed by atoms with van der Waals surface area (Å²) in [5, 5.41) is 2.97. The molecule has 5 nitrogen and oxygen atoms in total. The van der Waals surface area contributed by atoms with Gasteiger partial charge in [-0.15, -0.1) is 0 Å². The van der Waals surface area contributed by atoms with Crippen LogP contribution in [-0.2, 0) is 6.42 Å². The average Bonchev–Trinajstić information content (AvgIpc) is 2.47. The van der Waals surface area contributed by atoms with Crippen molar-refractivity contribution in [3.05, 3.63) is 63.1 Å². The van der Waals surface area contributed by atoms with Gasteiger partial charge in [0.25, 0.3) is 11.5 Å². The number of nitrogens with one attached hydrogen (secondary N) is 2. The van der Waals surface area contributed by atoms with Crippen molar-refractivity contribution in [2.24, 2.45) is 0 Å². The maximum absolute atomic E-state index is 12.4. The van der Waals surface area contributed by atoms with Crippen LogP contribution in [0.4, 0.5) is 5.69 Å². The predicted octanol–water partition coefficient (Wildman–Crippen LogP) is 2.07. The van der Waals surface area contributed by atoms with E-state index in [-0.39, 0.29) is 23.1 Å². The number of pyridine rings is 1. The van der Waals surface area contributed by atoms with Crippen LogP contribution < -0.4 is 16.6 Å². The van der Waals surface area contributed by atoms with Crippen LogP contribution in [0.25, 0.3) is 0 Å². The highest BCUT2D eigenvalue weighted by molar-refractivity contribution is 5.94. The third-order valence-electron chi connectivity index (χ3n) is 4.09. The van der Waals surface area contributed by atoms with Crippen molar-refractivity contribution in [3.8, 4) is 0 Å². The zero-order valence-corrected chi connectivity index (χ0v) is 12.5. The normalized spacial score (nSPS) is 16.9. The molecular formula is C17H19N3O2. The predicted molar refractivity (Wildman–Crippen MR) is 85.8 cm³/mol. The van der Waals surface area contributed by atoms with Gasteiger partial charge in [-0.3, -0.25) is 9.59 Å². The van der Waals surface area contributed by atoms with E-state index in [9.17, 15) is 9.59 Å². The Morgan fingerprint density at radius 1 is 1.32 bits per heavy atom. The Bertz CT molecular complexity index is 780. The lowest BCUT2D eigenvalue weighted by molar-refractivity contribution is 0.0931. The summed E-state index contributed by atoms with van der Waals surface area (Å²) in [6.45, 7) is 1.78. The maximum atomic E-state index is 12.4. The molecule has 0 saturated carbocycles. The number of rotatable bonds is 2. The first-order chi connectivity index (χ1) is 10.5. The number of nitrogen functional groups attached to an aromatic ring is 1. The smallest absolute Gasteiger partial charge is 0.260 e. The third-order valence-corrected chi connectivity index (χ3v) is 4.09. The molecule has 1 aliphatic rings. The van der Waals surface area contributed by atoms with E-state index in [1.165, 1.54) is 5.56 Å². The Kier molecular flexibility index (Phi) is 3.71. The Morgan fingerprint density at radius 2 is 2.14 bits per heavy atom. The Morgan fingerprint density at radius 3 is 2.91 bits per heavy atom. The number of amides is 1. The maximum Gasteiger partial charge on any atom is 0.260 e. The molecule has 1 amide bonds. The number of aryl methyl sites for hydroxylation is 2. The van der Waals surface area contributed by atoms with Gasteiger partial charge in [0.05, 0.1) is 6.04 Å². The standard InChI is InChI=1S/C17H19N3O2/c1-10-5-7-14(16(21)19-10)17(22)20-15-4-2-3-11-9-12(18)6-8-13(11)15/h5-9,15H,2-4,18H2,1H3,(H,19,21)(H,20,22). The number of H-pyrrole nitrogens is 1. The highest BCUT2D eigenvalue weighted by atomic mass is 16.2. The summed E-state index contributed by atoms with van der Waals surface area (Å²) in [5.41, 5.74) is 9.35. The SMILES string of the molecule is Cc1ccc(C(=O)NC2CCCc3cc(N)ccc32)c(=O)[nH]1. The van der Waals surface area contributed by atoms with Crippen molar-refractivity contribution in [2.75, 3.05) is 5.73 Å². The molecule has 0 bridgehead atoms. The number of fused-ring (bicyclic) bond motifs is 1. The number of anilines is 1. The van der Waals surface area contributed by atoms with Gasteiger partial charge in [0, 0.05) is 11.4 Å². The second-order valence-electron chi connectivity index (χ2n) is 5.76. The Labute approximate surface area is 128 Å². The molecule has 2 aromatic rings. The van der Waals surface area contributed by atoms with E-state index in [1.54, 1.807) is 19.1 Å². The monoisotopic (exact) mass is 297 g/mol. The molecule has 1 atom stereocenters. The van der Waals surface area contributed by atoms with Gasteiger partial charge in [0.1, 0.15) is 5.56 Å². The van der Waals surface area contributed by atoms with Gasteiger partial charge < -0.3 is 16.0 Å². The average molecular weight is 297 g/mol. The highest BCUT2D eigenvalue weighted by Gasteiger charge is 2.23. The van der Waals surface area contributed by atoms with Gasteiger partial charge >= 0.3 is 0 Å². The van der Waals surface area contributed by atoms with Crippen LogP contribution in [0.5, 0.6) is 0 Å². The first kappa shape index (κ1) is 14.4. The first-order valence-electron chi connectivity index (χ1n) is 7.43. The molecule has 1 aromatic carbocycles. The summed E-state index contributed by atoms with van der Waals surface area (Å²) in [6.07, 6.45) is 2.83. The van der Waals surface area contributed by atoms with Gasteiger partial charge in [0.15, 0.2) is 0 Å². The van der Waals surface area contributed by atoms with Crippen LogP contribution in [0.1, 0.15) is 46.1 Å². The molecular weight excluding hydrogens is 278 g/mol. The fraction of sp³-hybridized carbons (Fsp3) is 0.294. The van der Waals surface area contributed by atoms with Gasteiger partial charge in [-0.05, 0) is 61.6 Å². The second-order valence-corrected chi connectivity index (χ2v) is 5.76. The molecule has 1 aromatic heterocycles. The molecule has 0 fully saturated rings. The molecule has 0 spiro atoms. The summed E-state index contributed by atoms with van der Waals surface area (Å²) < 4.78 is 0. The molecule has 114 valence electrons. The molecule has 1 unspecified atom stereocenters. The summed E-state index contributed by atoms with van der Waals surface area (Å²) in [7, 11) is 0. The first-order valence-corrected chi connectivity index (χ1v) is 7.43. The zero-order chi connectivity index (χ0) is 15.7. The molecule has 1 aliphatic carbocycles. The van der Waals surface area contributed by atoms with Crippen molar-refractivity contribution in [1.29, 1.82) is 0 Å². The lowest BCUT2D eigenvalue weighted by Gasteiger charge is -2.26. The zero-order valence-electron chi connectivity index (χ0n) is 12.5. The number of aromatic amines is 1. The van der Waals surface area contributed by atoms with E-state index in [2.05, 4.69) is 10.3 Å². The van der Waals surface area contributed by atoms with E-state index < -0.39 is 0 Å². The summed E-state index contributed by atoms with van der Waals surface area (Å²) >= 11 is 0. The number of carbonyl (C=O) groups excluding carboxylic acids is 1. The molecule has 0 aliphatic heterocycles. The van der Waals surface area contributed by atoms with Crippen LogP contribution in [0.2, 0.25) is 0 Å². The van der Waals surface area contributed by atoms with E-state index in [1.807, 2.05) is 18.2 Å². The van der Waals surface area contributed by atoms with Crippen LogP contribution in [0, 0.1) is 6.92 Å². The third kappa shape index (κ3) is 2.74. The number of benzene rings is 1. The highest BCUT2D eigenvalue weighted by Crippen LogP contribution is 2.31. The van der Waals surface area contributed by atoms with E-state index in [0.717, 1.165) is 36.2 Å². The molecule has 5 heteroatoms.